The third-order valence-corrected chi connectivity index (χ3v) is 5.26. The third kappa shape index (κ3) is 3.66. The molecule has 0 amide bonds. The lowest BCUT2D eigenvalue weighted by Crippen LogP contribution is -2.34. The average molecular weight is 451 g/mol. The van der Waals surface area contributed by atoms with E-state index >= 15 is 0 Å². The quantitative estimate of drug-likeness (QED) is 0.553. The van der Waals surface area contributed by atoms with Gasteiger partial charge in [0.05, 0.1) is 11.7 Å². The summed E-state index contributed by atoms with van der Waals surface area (Å²) in [6.45, 7) is 5.56. The molecule has 1 aromatic carbocycles. The topological polar surface area (TPSA) is 55.4 Å². The number of ketones is 1. The number of allylic oxidation sites excluding steroid dienone is 3. The molecule has 2 aliphatic rings. The number of rotatable bonds is 3. The van der Waals surface area contributed by atoms with Gasteiger partial charge in [0.1, 0.15) is 0 Å². The molecule has 0 unspecified atom stereocenters. The van der Waals surface area contributed by atoms with Crippen molar-refractivity contribution in [3.05, 3.63) is 55.9 Å². The summed E-state index contributed by atoms with van der Waals surface area (Å²) >= 11 is 2.25. The zero-order valence-electron chi connectivity index (χ0n) is 14.7. The first-order valence-corrected chi connectivity index (χ1v) is 9.67. The smallest absolute Gasteiger partial charge is 0.337 e. The zero-order chi connectivity index (χ0) is 18.1. The number of ether oxygens (including phenoxy) is 1. The fraction of sp³-hybridized carbons (Fsp3) is 0.400. The fourth-order valence-corrected chi connectivity index (χ4v) is 3.88. The molecular formula is C20H22INO3. The molecule has 1 aromatic rings. The Morgan fingerprint density at radius 3 is 2.56 bits per heavy atom. The highest BCUT2D eigenvalue weighted by molar-refractivity contribution is 14.1. The molecular weight excluding hydrogens is 429 g/mol. The van der Waals surface area contributed by atoms with Crippen molar-refractivity contribution in [2.45, 2.75) is 52.1 Å². The lowest BCUT2D eigenvalue weighted by atomic mass is 9.75. The fourth-order valence-electron chi connectivity index (χ4n) is 3.52. The second-order valence-electron chi connectivity index (χ2n) is 6.77. The highest BCUT2D eigenvalue weighted by atomic mass is 127. The average Bonchev–Trinajstić information content (AvgIpc) is 2.53. The Kier molecular flexibility index (Phi) is 5.32. The van der Waals surface area contributed by atoms with E-state index in [1.165, 1.54) is 0 Å². The van der Waals surface area contributed by atoms with Crippen LogP contribution < -0.4 is 5.32 Å². The van der Waals surface area contributed by atoms with E-state index in [4.69, 9.17) is 4.74 Å². The largest absolute Gasteiger partial charge is 0.460 e. The molecule has 25 heavy (non-hydrogen) atoms. The minimum Gasteiger partial charge on any atom is -0.460 e. The van der Waals surface area contributed by atoms with Crippen molar-refractivity contribution in [3.63, 3.8) is 0 Å². The predicted octanol–water partition coefficient (Wildman–Crippen LogP) is 4.21. The van der Waals surface area contributed by atoms with E-state index in [0.717, 1.165) is 38.9 Å². The molecule has 0 radical (unpaired) electrons. The number of dihydropyridines is 1. The van der Waals surface area contributed by atoms with Crippen LogP contribution in [0.3, 0.4) is 0 Å². The van der Waals surface area contributed by atoms with Gasteiger partial charge in [0.2, 0.25) is 0 Å². The van der Waals surface area contributed by atoms with Gasteiger partial charge >= 0.3 is 5.97 Å². The highest BCUT2D eigenvalue weighted by Crippen LogP contribution is 2.42. The molecule has 0 spiro atoms. The van der Waals surface area contributed by atoms with Crippen LogP contribution in [0.1, 0.15) is 51.5 Å². The third-order valence-electron chi connectivity index (χ3n) is 4.54. The Morgan fingerprint density at radius 2 is 1.92 bits per heavy atom. The molecule has 132 valence electrons. The van der Waals surface area contributed by atoms with Crippen LogP contribution in [0.2, 0.25) is 0 Å². The van der Waals surface area contributed by atoms with Crippen molar-refractivity contribution in [1.29, 1.82) is 0 Å². The van der Waals surface area contributed by atoms with E-state index in [9.17, 15) is 9.59 Å². The summed E-state index contributed by atoms with van der Waals surface area (Å²) in [7, 11) is 0. The minimum absolute atomic E-state index is 0.125. The van der Waals surface area contributed by atoms with Gasteiger partial charge in [-0.2, -0.15) is 0 Å². The van der Waals surface area contributed by atoms with E-state index < -0.39 is 0 Å². The molecule has 3 rings (SSSR count). The molecule has 1 atom stereocenters. The summed E-state index contributed by atoms with van der Waals surface area (Å²) in [6.07, 6.45) is 2.02. The van der Waals surface area contributed by atoms with Crippen molar-refractivity contribution in [3.8, 4) is 0 Å². The molecule has 5 heteroatoms. The molecule has 1 aliphatic heterocycles. The number of esters is 1. The van der Waals surface area contributed by atoms with Crippen LogP contribution in [0, 0.1) is 3.57 Å². The second-order valence-corrected chi connectivity index (χ2v) is 8.02. The van der Waals surface area contributed by atoms with Crippen molar-refractivity contribution < 1.29 is 14.3 Å². The van der Waals surface area contributed by atoms with Gasteiger partial charge in [-0.05, 0) is 73.9 Å². The molecule has 1 heterocycles. The van der Waals surface area contributed by atoms with E-state index in [-0.39, 0.29) is 23.8 Å². The Balaban J connectivity index is 2.13. The maximum absolute atomic E-state index is 12.8. The van der Waals surface area contributed by atoms with Crippen molar-refractivity contribution in [2.24, 2.45) is 0 Å². The molecule has 1 aliphatic carbocycles. The Morgan fingerprint density at radius 1 is 1.24 bits per heavy atom. The molecule has 0 saturated heterocycles. The van der Waals surface area contributed by atoms with E-state index in [1.807, 2.05) is 45.0 Å². The Bertz CT molecular complexity index is 775. The van der Waals surface area contributed by atoms with Crippen LogP contribution in [-0.4, -0.2) is 17.9 Å². The van der Waals surface area contributed by atoms with Crippen LogP contribution in [0.15, 0.2) is 46.8 Å². The van der Waals surface area contributed by atoms with Gasteiger partial charge in [0, 0.05) is 32.9 Å². The van der Waals surface area contributed by atoms with Gasteiger partial charge in [0.15, 0.2) is 5.78 Å². The van der Waals surface area contributed by atoms with E-state index in [1.54, 1.807) is 0 Å². The number of hydrogen-bond acceptors (Lipinski definition) is 4. The number of benzene rings is 1. The first-order valence-electron chi connectivity index (χ1n) is 8.59. The van der Waals surface area contributed by atoms with E-state index in [0.29, 0.717) is 12.0 Å². The number of Topliss-reactive ketones (excluding diaryl/α,β-unsaturated/α-hetero) is 1. The van der Waals surface area contributed by atoms with Crippen LogP contribution in [0.25, 0.3) is 0 Å². The van der Waals surface area contributed by atoms with Crippen LogP contribution >= 0.6 is 22.6 Å². The summed E-state index contributed by atoms with van der Waals surface area (Å²) in [5, 5.41) is 3.30. The molecule has 0 saturated carbocycles. The van der Waals surface area contributed by atoms with Gasteiger partial charge < -0.3 is 10.1 Å². The van der Waals surface area contributed by atoms with Crippen LogP contribution in [0.5, 0.6) is 0 Å². The minimum atomic E-state index is -0.354. The molecule has 0 bridgehead atoms. The summed E-state index contributed by atoms with van der Waals surface area (Å²) < 4.78 is 6.60. The van der Waals surface area contributed by atoms with Gasteiger partial charge in [-0.1, -0.05) is 12.1 Å². The molecule has 0 fully saturated rings. The van der Waals surface area contributed by atoms with Gasteiger partial charge in [0.25, 0.3) is 0 Å². The first-order chi connectivity index (χ1) is 11.9. The first kappa shape index (κ1) is 18.2. The maximum Gasteiger partial charge on any atom is 0.337 e. The highest BCUT2D eigenvalue weighted by Gasteiger charge is 2.39. The summed E-state index contributed by atoms with van der Waals surface area (Å²) in [5.41, 5.74) is 3.97. The Hall–Kier alpha value is -1.63. The lowest BCUT2D eigenvalue weighted by molar-refractivity contribution is -0.143. The van der Waals surface area contributed by atoms with Crippen molar-refractivity contribution in [2.75, 3.05) is 0 Å². The summed E-state index contributed by atoms with van der Waals surface area (Å²) in [4.78, 5) is 25.5. The zero-order valence-corrected chi connectivity index (χ0v) is 16.8. The standard InChI is InChI=1S/C20H22INO3/c1-11(2)25-20(24)17-12(3)22-15-5-4-6-16(23)19(15)18(17)13-7-9-14(21)10-8-13/h7-11,18,22H,4-6H2,1-3H3/t18-/m1/s1. The van der Waals surface area contributed by atoms with Crippen LogP contribution in [0.4, 0.5) is 0 Å². The maximum atomic E-state index is 12.8. The van der Waals surface area contributed by atoms with Crippen molar-refractivity contribution >= 4 is 34.3 Å². The van der Waals surface area contributed by atoms with Crippen LogP contribution in [-0.2, 0) is 14.3 Å². The number of nitrogens with one attached hydrogen (secondary N) is 1. The number of carbonyl (C=O) groups is 2. The van der Waals surface area contributed by atoms with E-state index in [2.05, 4.69) is 27.9 Å². The Labute approximate surface area is 161 Å². The molecule has 4 nitrogen and oxygen atoms in total. The van der Waals surface area contributed by atoms with Crippen molar-refractivity contribution in [1.82, 2.24) is 5.32 Å². The SMILES string of the molecule is CC1=C(C(=O)OC(C)C)[C@@H](c2ccc(I)cc2)C2=C(CCCC2=O)N1. The number of halogens is 1. The molecule has 1 N–H and O–H groups in total. The summed E-state index contributed by atoms with van der Waals surface area (Å²) in [5.74, 6) is -0.583. The molecule has 0 aromatic heterocycles. The monoisotopic (exact) mass is 451 g/mol. The lowest BCUT2D eigenvalue weighted by Gasteiger charge is -2.34. The number of carbonyl (C=O) groups excluding carboxylic acids is 2. The van der Waals surface area contributed by atoms with Gasteiger partial charge in [-0.25, -0.2) is 4.79 Å². The second kappa shape index (κ2) is 7.32. The number of hydrogen-bond donors (Lipinski definition) is 1. The summed E-state index contributed by atoms with van der Waals surface area (Å²) in [6, 6.07) is 8.01. The normalized spacial score (nSPS) is 20.5. The predicted molar refractivity (Wildman–Crippen MR) is 105 cm³/mol. The van der Waals surface area contributed by atoms with Gasteiger partial charge in [-0.15, -0.1) is 0 Å². The van der Waals surface area contributed by atoms with Gasteiger partial charge in [-0.3, -0.25) is 4.79 Å².